The third-order valence-electron chi connectivity index (χ3n) is 1.76. The van der Waals surface area contributed by atoms with E-state index in [1.54, 1.807) is 0 Å². The molecule has 0 aliphatic rings. The lowest BCUT2D eigenvalue weighted by Crippen LogP contribution is -2.11. The van der Waals surface area contributed by atoms with Crippen LogP contribution >= 0.6 is 0 Å². The maximum absolute atomic E-state index is 12.2. The Morgan fingerprint density at radius 1 is 1.40 bits per heavy atom. The van der Waals surface area contributed by atoms with Gasteiger partial charge < -0.3 is 11.1 Å². The zero-order valence-corrected chi connectivity index (χ0v) is 8.01. The van der Waals surface area contributed by atoms with E-state index in [-0.39, 0.29) is 0 Å². The van der Waals surface area contributed by atoms with Crippen LogP contribution in [0.2, 0.25) is 0 Å². The minimum absolute atomic E-state index is 0.408. The molecule has 0 radical (unpaired) electrons. The van der Waals surface area contributed by atoms with Gasteiger partial charge in [0.05, 0.1) is 0 Å². The molecule has 0 spiro atoms. The molecule has 0 aliphatic carbocycles. The SMILES string of the molecule is NCCCNc1ccnc(C(F)(F)F)c1. The summed E-state index contributed by atoms with van der Waals surface area (Å²) in [6, 6.07) is 2.47. The van der Waals surface area contributed by atoms with Crippen LogP contribution in [0.3, 0.4) is 0 Å². The van der Waals surface area contributed by atoms with Crippen LogP contribution in [0.25, 0.3) is 0 Å². The second kappa shape index (κ2) is 4.97. The molecular weight excluding hydrogens is 207 g/mol. The number of alkyl halides is 3. The first-order valence-electron chi connectivity index (χ1n) is 4.51. The molecule has 6 heteroatoms. The molecule has 0 saturated heterocycles. The number of nitrogens with one attached hydrogen (secondary N) is 1. The summed E-state index contributed by atoms with van der Waals surface area (Å²) in [6.07, 6.45) is -2.55. The molecule has 1 rings (SSSR count). The average Bonchev–Trinajstić information content (AvgIpc) is 2.17. The summed E-state index contributed by atoms with van der Waals surface area (Å²) in [7, 11) is 0. The van der Waals surface area contributed by atoms with E-state index in [9.17, 15) is 13.2 Å². The number of hydrogen-bond acceptors (Lipinski definition) is 3. The Morgan fingerprint density at radius 3 is 2.73 bits per heavy atom. The number of anilines is 1. The van der Waals surface area contributed by atoms with Gasteiger partial charge in [0.25, 0.3) is 0 Å². The van der Waals surface area contributed by atoms with Crippen LogP contribution in [0.5, 0.6) is 0 Å². The van der Waals surface area contributed by atoms with Gasteiger partial charge in [-0.3, -0.25) is 4.98 Å². The lowest BCUT2D eigenvalue weighted by molar-refractivity contribution is -0.141. The molecule has 0 aliphatic heterocycles. The Kier molecular flexibility index (Phi) is 3.90. The molecule has 1 aromatic heterocycles. The molecule has 84 valence electrons. The van der Waals surface area contributed by atoms with Crippen molar-refractivity contribution in [2.75, 3.05) is 18.4 Å². The molecule has 0 aromatic carbocycles. The van der Waals surface area contributed by atoms with Crippen molar-refractivity contribution in [1.29, 1.82) is 0 Å². The van der Waals surface area contributed by atoms with Crippen molar-refractivity contribution < 1.29 is 13.2 Å². The highest BCUT2D eigenvalue weighted by atomic mass is 19.4. The standard InChI is InChI=1S/C9H12F3N3/c10-9(11,12)8-6-7(2-5-15-8)14-4-1-3-13/h2,5-6H,1,3-4,13H2,(H,14,15). The number of rotatable bonds is 4. The van der Waals surface area contributed by atoms with E-state index in [2.05, 4.69) is 10.3 Å². The van der Waals surface area contributed by atoms with Crippen LogP contribution < -0.4 is 11.1 Å². The zero-order chi connectivity index (χ0) is 11.3. The quantitative estimate of drug-likeness (QED) is 0.760. The van der Waals surface area contributed by atoms with E-state index >= 15 is 0 Å². The lowest BCUT2D eigenvalue weighted by Gasteiger charge is -2.09. The van der Waals surface area contributed by atoms with E-state index < -0.39 is 11.9 Å². The molecule has 0 bridgehead atoms. The van der Waals surface area contributed by atoms with Crippen LogP contribution in [0.15, 0.2) is 18.3 Å². The number of pyridine rings is 1. The van der Waals surface area contributed by atoms with Gasteiger partial charge in [-0.05, 0) is 25.1 Å². The summed E-state index contributed by atoms with van der Waals surface area (Å²) in [5.41, 5.74) is 4.78. The highest BCUT2D eigenvalue weighted by Gasteiger charge is 2.32. The predicted octanol–water partition coefficient (Wildman–Crippen LogP) is 1.86. The van der Waals surface area contributed by atoms with Crippen LogP contribution in [-0.2, 0) is 6.18 Å². The minimum Gasteiger partial charge on any atom is -0.385 e. The van der Waals surface area contributed by atoms with Crippen molar-refractivity contribution in [3.63, 3.8) is 0 Å². The second-order valence-electron chi connectivity index (χ2n) is 3.00. The summed E-state index contributed by atoms with van der Waals surface area (Å²) >= 11 is 0. The van der Waals surface area contributed by atoms with Gasteiger partial charge in [0.15, 0.2) is 0 Å². The summed E-state index contributed by atoms with van der Waals surface area (Å²) in [5, 5.41) is 2.84. The topological polar surface area (TPSA) is 50.9 Å². The Bertz CT molecular complexity index is 312. The average molecular weight is 219 g/mol. The van der Waals surface area contributed by atoms with Gasteiger partial charge in [-0.1, -0.05) is 0 Å². The number of nitrogens with zero attached hydrogens (tertiary/aromatic N) is 1. The van der Waals surface area contributed by atoms with Gasteiger partial charge >= 0.3 is 6.18 Å². The van der Waals surface area contributed by atoms with Crippen LogP contribution in [0.1, 0.15) is 12.1 Å². The fourth-order valence-corrected chi connectivity index (χ4v) is 1.03. The third-order valence-corrected chi connectivity index (χ3v) is 1.76. The fourth-order valence-electron chi connectivity index (χ4n) is 1.03. The van der Waals surface area contributed by atoms with Crippen molar-refractivity contribution in [2.24, 2.45) is 5.73 Å². The first-order chi connectivity index (χ1) is 7.04. The molecule has 0 unspecified atom stereocenters. The van der Waals surface area contributed by atoms with Gasteiger partial charge in [-0.15, -0.1) is 0 Å². The van der Waals surface area contributed by atoms with Crippen molar-refractivity contribution in [3.8, 4) is 0 Å². The second-order valence-corrected chi connectivity index (χ2v) is 3.00. The van der Waals surface area contributed by atoms with E-state index in [1.165, 1.54) is 6.07 Å². The van der Waals surface area contributed by atoms with Gasteiger partial charge in [0, 0.05) is 18.4 Å². The lowest BCUT2D eigenvalue weighted by atomic mass is 10.3. The van der Waals surface area contributed by atoms with Crippen molar-refractivity contribution in [3.05, 3.63) is 24.0 Å². The summed E-state index contributed by atoms with van der Waals surface area (Å²) in [6.45, 7) is 1.06. The highest BCUT2D eigenvalue weighted by Crippen LogP contribution is 2.28. The van der Waals surface area contributed by atoms with Crippen molar-refractivity contribution in [2.45, 2.75) is 12.6 Å². The molecular formula is C9H12F3N3. The minimum atomic E-state index is -4.40. The Balaban J connectivity index is 2.66. The zero-order valence-electron chi connectivity index (χ0n) is 8.01. The summed E-state index contributed by atoms with van der Waals surface area (Å²) in [4.78, 5) is 3.25. The molecule has 3 N–H and O–H groups in total. The van der Waals surface area contributed by atoms with Gasteiger partial charge in [-0.2, -0.15) is 13.2 Å². The first-order valence-corrected chi connectivity index (χ1v) is 4.51. The number of halogens is 3. The molecule has 3 nitrogen and oxygen atoms in total. The van der Waals surface area contributed by atoms with Gasteiger partial charge in [0.2, 0.25) is 0 Å². The maximum atomic E-state index is 12.2. The Labute approximate surface area is 85.5 Å². The molecule has 0 saturated carbocycles. The van der Waals surface area contributed by atoms with E-state index in [4.69, 9.17) is 5.73 Å². The molecule has 0 fully saturated rings. The van der Waals surface area contributed by atoms with Crippen LogP contribution in [-0.4, -0.2) is 18.1 Å². The largest absolute Gasteiger partial charge is 0.433 e. The van der Waals surface area contributed by atoms with E-state index in [1.807, 2.05) is 0 Å². The van der Waals surface area contributed by atoms with Gasteiger partial charge in [0.1, 0.15) is 5.69 Å². The highest BCUT2D eigenvalue weighted by molar-refractivity contribution is 5.43. The summed E-state index contributed by atoms with van der Waals surface area (Å²) < 4.78 is 36.7. The van der Waals surface area contributed by atoms with Crippen LogP contribution in [0, 0.1) is 0 Å². The number of aromatic nitrogens is 1. The molecule has 0 amide bonds. The summed E-state index contributed by atoms with van der Waals surface area (Å²) in [5.74, 6) is 0. The molecule has 1 aromatic rings. The number of nitrogens with two attached hydrogens (primary N) is 1. The molecule has 1 heterocycles. The predicted molar refractivity (Wildman–Crippen MR) is 51.4 cm³/mol. The van der Waals surface area contributed by atoms with Crippen LogP contribution in [0.4, 0.5) is 18.9 Å². The maximum Gasteiger partial charge on any atom is 0.433 e. The van der Waals surface area contributed by atoms with Gasteiger partial charge in [-0.25, -0.2) is 0 Å². The number of hydrogen-bond donors (Lipinski definition) is 2. The third kappa shape index (κ3) is 3.75. The van der Waals surface area contributed by atoms with Crippen molar-refractivity contribution in [1.82, 2.24) is 4.98 Å². The molecule has 15 heavy (non-hydrogen) atoms. The Hall–Kier alpha value is -1.30. The fraction of sp³-hybridized carbons (Fsp3) is 0.444. The van der Waals surface area contributed by atoms with E-state index in [0.29, 0.717) is 25.2 Å². The Morgan fingerprint density at radius 2 is 2.13 bits per heavy atom. The van der Waals surface area contributed by atoms with E-state index in [0.717, 1.165) is 12.3 Å². The smallest absolute Gasteiger partial charge is 0.385 e. The molecule has 0 atom stereocenters. The normalized spacial score (nSPS) is 11.5. The van der Waals surface area contributed by atoms with Crippen molar-refractivity contribution >= 4 is 5.69 Å². The monoisotopic (exact) mass is 219 g/mol. The first kappa shape index (κ1) is 11.8.